The molecule has 24 heavy (non-hydrogen) atoms. The first-order valence-corrected chi connectivity index (χ1v) is 7.96. The molecule has 5 heteroatoms. The lowest BCUT2D eigenvalue weighted by atomic mass is 10.1. The summed E-state index contributed by atoms with van der Waals surface area (Å²) >= 11 is 0. The molecule has 1 aliphatic rings. The van der Waals surface area contributed by atoms with Gasteiger partial charge in [-0.15, -0.1) is 0 Å². The fourth-order valence-electron chi connectivity index (χ4n) is 2.82. The van der Waals surface area contributed by atoms with Crippen LogP contribution in [0.5, 0.6) is 11.5 Å². The van der Waals surface area contributed by atoms with Crippen molar-refractivity contribution in [2.45, 2.75) is 13.0 Å². The minimum atomic E-state index is -0.341. The molecule has 0 radical (unpaired) electrons. The average Bonchev–Trinajstić information content (AvgIpc) is 2.94. The first-order chi connectivity index (χ1) is 11.7. The number of ether oxygens (including phenoxy) is 2. The highest BCUT2D eigenvalue weighted by molar-refractivity contribution is 5.81. The normalized spacial score (nSPS) is 17.2. The summed E-state index contributed by atoms with van der Waals surface area (Å²) < 4.78 is 23.8. The lowest BCUT2D eigenvalue weighted by molar-refractivity contribution is -0.132. The van der Waals surface area contributed by atoms with Crippen LogP contribution >= 0.6 is 0 Å². The zero-order valence-corrected chi connectivity index (χ0v) is 13.6. The van der Waals surface area contributed by atoms with Crippen molar-refractivity contribution in [2.75, 3.05) is 20.3 Å². The molecule has 2 aromatic rings. The predicted octanol–water partition coefficient (Wildman–Crippen LogP) is 3.26. The van der Waals surface area contributed by atoms with E-state index in [0.29, 0.717) is 18.8 Å². The van der Waals surface area contributed by atoms with Gasteiger partial charge in [-0.05, 0) is 36.2 Å². The van der Waals surface area contributed by atoms with E-state index < -0.39 is 0 Å². The molecule has 1 fully saturated rings. The van der Waals surface area contributed by atoms with Crippen LogP contribution in [0.2, 0.25) is 0 Å². The number of methoxy groups -OCH3 is 1. The van der Waals surface area contributed by atoms with Crippen LogP contribution < -0.4 is 9.47 Å². The van der Waals surface area contributed by atoms with Crippen LogP contribution in [-0.4, -0.2) is 31.1 Å². The number of rotatable bonds is 6. The zero-order valence-electron chi connectivity index (χ0n) is 13.6. The van der Waals surface area contributed by atoms with Crippen molar-refractivity contribution < 1.29 is 18.7 Å². The van der Waals surface area contributed by atoms with Gasteiger partial charge in [0, 0.05) is 19.2 Å². The lowest BCUT2D eigenvalue weighted by Gasteiger charge is -2.17. The largest absolute Gasteiger partial charge is 0.497 e. The Balaban J connectivity index is 1.54. The number of likely N-dealkylation sites (tertiary alicyclic amines) is 1. The summed E-state index contributed by atoms with van der Waals surface area (Å²) in [5.74, 6) is 0.824. The third-order valence-electron chi connectivity index (χ3n) is 4.19. The summed E-state index contributed by atoms with van der Waals surface area (Å²) in [6.45, 7) is 1.57. The average molecular weight is 329 g/mol. The Morgan fingerprint density at radius 2 is 1.96 bits per heavy atom. The Labute approximate surface area is 140 Å². The molecule has 4 nitrogen and oxygen atoms in total. The van der Waals surface area contributed by atoms with Crippen molar-refractivity contribution in [3.8, 4) is 11.5 Å². The molecule has 126 valence electrons. The number of carbonyl (C=O) groups excluding carboxylic acids is 1. The highest BCUT2D eigenvalue weighted by Gasteiger charge is 2.32. The van der Waals surface area contributed by atoms with E-state index in [1.807, 2.05) is 29.2 Å². The van der Waals surface area contributed by atoms with E-state index in [4.69, 9.17) is 9.47 Å². The maximum absolute atomic E-state index is 13.1. The molecule has 0 aromatic heterocycles. The predicted molar refractivity (Wildman–Crippen MR) is 88.4 cm³/mol. The maximum Gasteiger partial charge on any atom is 0.229 e. The second-order valence-corrected chi connectivity index (χ2v) is 5.86. The number of halogens is 1. The van der Waals surface area contributed by atoms with Crippen LogP contribution in [-0.2, 0) is 11.3 Å². The molecule has 2 aromatic carbocycles. The summed E-state index contributed by atoms with van der Waals surface area (Å²) in [5.41, 5.74) is 1.07. The molecule has 1 heterocycles. The second kappa shape index (κ2) is 7.34. The van der Waals surface area contributed by atoms with E-state index in [0.717, 1.165) is 17.7 Å². The van der Waals surface area contributed by atoms with Crippen molar-refractivity contribution in [3.63, 3.8) is 0 Å². The summed E-state index contributed by atoms with van der Waals surface area (Å²) in [4.78, 5) is 14.3. The molecular weight excluding hydrogens is 309 g/mol. The van der Waals surface area contributed by atoms with Gasteiger partial charge in [0.25, 0.3) is 0 Å². The summed E-state index contributed by atoms with van der Waals surface area (Å²) in [6.07, 6.45) is 0.754. The van der Waals surface area contributed by atoms with E-state index in [-0.39, 0.29) is 24.2 Å². The van der Waals surface area contributed by atoms with Crippen LogP contribution in [0.4, 0.5) is 4.39 Å². The molecule has 1 saturated heterocycles. The zero-order chi connectivity index (χ0) is 16.9. The third-order valence-corrected chi connectivity index (χ3v) is 4.19. The maximum atomic E-state index is 13.1. The minimum Gasteiger partial charge on any atom is -0.497 e. The Hall–Kier alpha value is -2.56. The first-order valence-electron chi connectivity index (χ1n) is 7.96. The van der Waals surface area contributed by atoms with Gasteiger partial charge in [0.1, 0.15) is 17.3 Å². The van der Waals surface area contributed by atoms with E-state index in [9.17, 15) is 9.18 Å². The fraction of sp³-hybridized carbons (Fsp3) is 0.316. The third kappa shape index (κ3) is 3.85. The number of carbonyl (C=O) groups is 1. The molecule has 0 N–H and O–H groups in total. The molecule has 1 unspecified atom stereocenters. The highest BCUT2D eigenvalue weighted by atomic mass is 19.1. The number of benzene rings is 2. The van der Waals surface area contributed by atoms with Gasteiger partial charge < -0.3 is 14.4 Å². The van der Waals surface area contributed by atoms with Crippen LogP contribution in [0.3, 0.4) is 0 Å². The van der Waals surface area contributed by atoms with Gasteiger partial charge in [-0.1, -0.05) is 18.2 Å². The SMILES string of the molecule is COc1ccc(CN2CCC(COc3cccc(F)c3)C2=O)cc1. The van der Waals surface area contributed by atoms with Gasteiger partial charge in [-0.25, -0.2) is 4.39 Å². The summed E-state index contributed by atoms with van der Waals surface area (Å²) in [5, 5.41) is 0. The Morgan fingerprint density at radius 1 is 1.17 bits per heavy atom. The van der Waals surface area contributed by atoms with Gasteiger partial charge in [-0.3, -0.25) is 4.79 Å². The molecule has 0 aliphatic carbocycles. The van der Waals surface area contributed by atoms with Crippen molar-refractivity contribution in [1.29, 1.82) is 0 Å². The molecule has 1 atom stereocenters. The fourth-order valence-corrected chi connectivity index (χ4v) is 2.82. The smallest absolute Gasteiger partial charge is 0.229 e. The minimum absolute atomic E-state index is 0.0854. The summed E-state index contributed by atoms with van der Waals surface area (Å²) in [6, 6.07) is 13.7. The van der Waals surface area contributed by atoms with E-state index in [1.165, 1.54) is 12.1 Å². The van der Waals surface area contributed by atoms with Gasteiger partial charge in [0.2, 0.25) is 5.91 Å². The number of hydrogen-bond acceptors (Lipinski definition) is 3. The number of nitrogens with zero attached hydrogens (tertiary/aromatic N) is 1. The molecule has 3 rings (SSSR count). The highest BCUT2D eigenvalue weighted by Crippen LogP contribution is 2.23. The molecular formula is C19H20FNO3. The molecule has 0 spiro atoms. The Morgan fingerprint density at radius 3 is 2.67 bits per heavy atom. The van der Waals surface area contributed by atoms with E-state index >= 15 is 0 Å². The molecule has 1 amide bonds. The Kier molecular flexibility index (Phi) is 4.99. The quantitative estimate of drug-likeness (QED) is 0.816. The monoisotopic (exact) mass is 329 g/mol. The van der Waals surface area contributed by atoms with Gasteiger partial charge in [0.15, 0.2) is 0 Å². The standard InChI is InChI=1S/C19H20FNO3/c1-23-17-7-5-14(6-8-17)12-21-10-9-15(19(21)22)13-24-18-4-2-3-16(20)11-18/h2-8,11,15H,9-10,12-13H2,1H3. The summed E-state index contributed by atoms with van der Waals surface area (Å²) in [7, 11) is 1.63. The second-order valence-electron chi connectivity index (χ2n) is 5.86. The van der Waals surface area contributed by atoms with Crippen molar-refractivity contribution in [3.05, 3.63) is 59.9 Å². The number of hydrogen-bond donors (Lipinski definition) is 0. The molecule has 0 bridgehead atoms. The number of amides is 1. The van der Waals surface area contributed by atoms with Gasteiger partial charge in [0.05, 0.1) is 19.6 Å². The molecule has 0 saturated carbocycles. The van der Waals surface area contributed by atoms with Gasteiger partial charge in [-0.2, -0.15) is 0 Å². The first kappa shape index (κ1) is 16.3. The van der Waals surface area contributed by atoms with Crippen molar-refractivity contribution in [2.24, 2.45) is 5.92 Å². The van der Waals surface area contributed by atoms with Crippen LogP contribution in [0.15, 0.2) is 48.5 Å². The Bertz CT molecular complexity index is 702. The van der Waals surface area contributed by atoms with E-state index in [1.54, 1.807) is 19.2 Å². The van der Waals surface area contributed by atoms with Gasteiger partial charge >= 0.3 is 0 Å². The topological polar surface area (TPSA) is 38.8 Å². The van der Waals surface area contributed by atoms with Crippen molar-refractivity contribution in [1.82, 2.24) is 4.90 Å². The van der Waals surface area contributed by atoms with Crippen LogP contribution in [0.25, 0.3) is 0 Å². The molecule has 1 aliphatic heterocycles. The van der Waals surface area contributed by atoms with Crippen LogP contribution in [0.1, 0.15) is 12.0 Å². The van der Waals surface area contributed by atoms with Crippen LogP contribution in [0, 0.1) is 11.7 Å². The lowest BCUT2D eigenvalue weighted by Crippen LogP contribution is -2.29. The van der Waals surface area contributed by atoms with E-state index in [2.05, 4.69) is 0 Å². The van der Waals surface area contributed by atoms with Crippen molar-refractivity contribution >= 4 is 5.91 Å².